The van der Waals surface area contributed by atoms with Crippen molar-refractivity contribution >= 4 is 57.5 Å². The zero-order valence-corrected chi connectivity index (χ0v) is 17.9. The van der Waals surface area contributed by atoms with Crippen molar-refractivity contribution in [2.75, 3.05) is 23.7 Å². The fourth-order valence-electron chi connectivity index (χ4n) is 3.50. The molecule has 1 fully saturated rings. The van der Waals surface area contributed by atoms with Gasteiger partial charge in [0.2, 0.25) is 5.91 Å². The number of carbonyl (C=O) groups is 1. The molecule has 3 heterocycles. The summed E-state index contributed by atoms with van der Waals surface area (Å²) in [6.45, 7) is 4.83. The molecule has 31 heavy (non-hydrogen) atoms. The highest BCUT2D eigenvalue weighted by Gasteiger charge is 2.22. The van der Waals surface area contributed by atoms with Gasteiger partial charge < -0.3 is 15.5 Å². The molecular formula is C21H19Cl2FN6O. The molecule has 4 rings (SSSR count). The van der Waals surface area contributed by atoms with E-state index in [0.29, 0.717) is 35.8 Å². The van der Waals surface area contributed by atoms with Crippen LogP contribution in [0.2, 0.25) is 10.0 Å². The summed E-state index contributed by atoms with van der Waals surface area (Å²) in [4.78, 5) is 26.7. The van der Waals surface area contributed by atoms with E-state index in [-0.39, 0.29) is 27.7 Å². The van der Waals surface area contributed by atoms with Crippen molar-refractivity contribution in [1.82, 2.24) is 19.9 Å². The maximum Gasteiger partial charge on any atom is 0.246 e. The van der Waals surface area contributed by atoms with Gasteiger partial charge in [0, 0.05) is 19.1 Å². The van der Waals surface area contributed by atoms with E-state index in [2.05, 4.69) is 32.2 Å². The molecular weight excluding hydrogens is 442 g/mol. The first-order chi connectivity index (χ1) is 15.0. The van der Waals surface area contributed by atoms with E-state index in [4.69, 9.17) is 23.2 Å². The van der Waals surface area contributed by atoms with Gasteiger partial charge in [-0.1, -0.05) is 29.8 Å². The molecule has 2 N–H and O–H groups in total. The quantitative estimate of drug-likeness (QED) is 0.420. The standard InChI is InChI=1S/C21H19Cl2FN6O/c1-2-17(31)30-9-3-4-12(10-30)27-16-8-7-15-20(29-16)21(26-11-25-15)28-14-6-5-13(22)18(23)19(14)24/h2,5-8,11-12H,1,3-4,9-10H2,(H,27,29)(H,25,26,28)/t12-/m0/s1. The Bertz CT molecular complexity index is 1160. The second-order valence-electron chi connectivity index (χ2n) is 7.11. The van der Waals surface area contributed by atoms with Gasteiger partial charge in [-0.15, -0.1) is 0 Å². The summed E-state index contributed by atoms with van der Waals surface area (Å²) in [6, 6.07) is 6.65. The smallest absolute Gasteiger partial charge is 0.246 e. The fourth-order valence-corrected chi connectivity index (χ4v) is 3.81. The van der Waals surface area contributed by atoms with Gasteiger partial charge in [-0.2, -0.15) is 0 Å². The Kier molecular flexibility index (Phi) is 6.20. The molecule has 1 aliphatic heterocycles. The summed E-state index contributed by atoms with van der Waals surface area (Å²) < 4.78 is 14.5. The summed E-state index contributed by atoms with van der Waals surface area (Å²) in [5.74, 6) is 0.182. The van der Waals surface area contributed by atoms with Crippen molar-refractivity contribution in [1.29, 1.82) is 0 Å². The van der Waals surface area contributed by atoms with Crippen LogP contribution in [0, 0.1) is 5.82 Å². The normalized spacial score (nSPS) is 16.2. The number of hydrogen-bond acceptors (Lipinski definition) is 6. The van der Waals surface area contributed by atoms with Crippen molar-refractivity contribution in [3.63, 3.8) is 0 Å². The highest BCUT2D eigenvalue weighted by atomic mass is 35.5. The number of piperidine rings is 1. The number of benzene rings is 1. The van der Waals surface area contributed by atoms with Crippen molar-refractivity contribution in [2.45, 2.75) is 18.9 Å². The molecule has 0 bridgehead atoms. The minimum absolute atomic E-state index is 0.0520. The zero-order chi connectivity index (χ0) is 22.0. The highest BCUT2D eigenvalue weighted by Crippen LogP contribution is 2.32. The number of aromatic nitrogens is 3. The Morgan fingerprint density at radius 1 is 1.26 bits per heavy atom. The predicted molar refractivity (Wildman–Crippen MR) is 120 cm³/mol. The first-order valence-corrected chi connectivity index (χ1v) is 10.4. The van der Waals surface area contributed by atoms with Crippen LogP contribution in [0.15, 0.2) is 43.2 Å². The SMILES string of the molecule is C=CC(=O)N1CCC[C@H](Nc2ccc3ncnc(Nc4ccc(Cl)c(Cl)c4F)c3n2)C1. The molecule has 0 saturated carbocycles. The minimum atomic E-state index is -0.676. The highest BCUT2D eigenvalue weighted by molar-refractivity contribution is 6.42. The van der Waals surface area contributed by atoms with Crippen LogP contribution in [-0.4, -0.2) is 44.9 Å². The lowest BCUT2D eigenvalue weighted by Gasteiger charge is -2.32. The number of likely N-dealkylation sites (tertiary alicyclic amines) is 1. The summed E-state index contributed by atoms with van der Waals surface area (Å²) in [7, 11) is 0. The molecule has 3 aromatic rings. The number of nitrogens with zero attached hydrogens (tertiary/aromatic N) is 4. The van der Waals surface area contributed by atoms with Gasteiger partial charge in [0.15, 0.2) is 11.6 Å². The Morgan fingerprint density at radius 2 is 2.10 bits per heavy atom. The van der Waals surface area contributed by atoms with E-state index >= 15 is 0 Å². The number of pyridine rings is 1. The molecule has 1 atom stereocenters. The van der Waals surface area contributed by atoms with Gasteiger partial charge in [0.05, 0.1) is 21.2 Å². The van der Waals surface area contributed by atoms with E-state index in [1.807, 2.05) is 6.07 Å². The van der Waals surface area contributed by atoms with E-state index in [1.165, 1.54) is 24.5 Å². The maximum atomic E-state index is 14.5. The zero-order valence-electron chi connectivity index (χ0n) is 16.4. The number of fused-ring (bicyclic) bond motifs is 1. The third-order valence-corrected chi connectivity index (χ3v) is 5.81. The largest absolute Gasteiger partial charge is 0.366 e. The van der Waals surface area contributed by atoms with E-state index < -0.39 is 5.82 Å². The summed E-state index contributed by atoms with van der Waals surface area (Å²) in [6.07, 6.45) is 4.49. The van der Waals surface area contributed by atoms with Crippen molar-refractivity contribution < 1.29 is 9.18 Å². The maximum absolute atomic E-state index is 14.5. The third-order valence-electron chi connectivity index (χ3n) is 5.03. The summed E-state index contributed by atoms with van der Waals surface area (Å²) in [5, 5.41) is 6.24. The fraction of sp³-hybridized carbons (Fsp3) is 0.238. The lowest BCUT2D eigenvalue weighted by atomic mass is 10.1. The number of rotatable bonds is 5. The molecule has 1 saturated heterocycles. The van der Waals surface area contributed by atoms with Crippen molar-refractivity contribution in [3.8, 4) is 0 Å². The molecule has 0 aliphatic carbocycles. The van der Waals surface area contributed by atoms with Crippen LogP contribution in [0.4, 0.5) is 21.7 Å². The Morgan fingerprint density at radius 3 is 2.90 bits per heavy atom. The Balaban J connectivity index is 1.60. The molecule has 2 aromatic heterocycles. The van der Waals surface area contributed by atoms with Crippen LogP contribution in [0.1, 0.15) is 12.8 Å². The Hall–Kier alpha value is -2.97. The second kappa shape index (κ2) is 9.03. The number of carbonyl (C=O) groups excluding carboxylic acids is 1. The van der Waals surface area contributed by atoms with Crippen LogP contribution in [0.25, 0.3) is 11.0 Å². The van der Waals surface area contributed by atoms with Gasteiger partial charge >= 0.3 is 0 Å². The average molecular weight is 461 g/mol. The number of halogens is 3. The first-order valence-electron chi connectivity index (χ1n) is 9.66. The lowest BCUT2D eigenvalue weighted by molar-refractivity contribution is -0.127. The van der Waals surface area contributed by atoms with Gasteiger partial charge in [-0.3, -0.25) is 4.79 Å². The molecule has 0 spiro atoms. The van der Waals surface area contributed by atoms with Crippen LogP contribution >= 0.6 is 23.2 Å². The van der Waals surface area contributed by atoms with Crippen LogP contribution < -0.4 is 10.6 Å². The number of amides is 1. The Labute approximate surface area is 188 Å². The molecule has 1 aliphatic rings. The van der Waals surface area contributed by atoms with Gasteiger partial charge in [-0.05, 0) is 43.2 Å². The predicted octanol–water partition coefficient (Wildman–Crippen LogP) is 4.80. The third kappa shape index (κ3) is 4.55. The van der Waals surface area contributed by atoms with Gasteiger partial charge in [-0.25, -0.2) is 19.3 Å². The van der Waals surface area contributed by atoms with Crippen LogP contribution in [0.5, 0.6) is 0 Å². The topological polar surface area (TPSA) is 83.0 Å². The summed E-state index contributed by atoms with van der Waals surface area (Å²) >= 11 is 11.8. The molecule has 1 aromatic carbocycles. The summed E-state index contributed by atoms with van der Waals surface area (Å²) in [5.41, 5.74) is 1.18. The van der Waals surface area contributed by atoms with Gasteiger partial charge in [0.1, 0.15) is 17.7 Å². The number of anilines is 3. The molecule has 0 radical (unpaired) electrons. The molecule has 7 nitrogen and oxygen atoms in total. The van der Waals surface area contributed by atoms with Crippen molar-refractivity contribution in [3.05, 3.63) is 59.1 Å². The van der Waals surface area contributed by atoms with Gasteiger partial charge in [0.25, 0.3) is 0 Å². The number of hydrogen-bond donors (Lipinski definition) is 2. The average Bonchev–Trinajstić information content (AvgIpc) is 2.79. The second-order valence-corrected chi connectivity index (χ2v) is 7.89. The molecule has 10 heteroatoms. The number of nitrogens with one attached hydrogen (secondary N) is 2. The molecule has 160 valence electrons. The molecule has 0 unspecified atom stereocenters. The van der Waals surface area contributed by atoms with E-state index in [0.717, 1.165) is 12.8 Å². The first kappa shape index (κ1) is 21.3. The molecule has 1 amide bonds. The lowest BCUT2D eigenvalue weighted by Crippen LogP contribution is -2.44. The van der Waals surface area contributed by atoms with Crippen LogP contribution in [-0.2, 0) is 4.79 Å². The van der Waals surface area contributed by atoms with E-state index in [9.17, 15) is 9.18 Å². The van der Waals surface area contributed by atoms with E-state index in [1.54, 1.807) is 11.0 Å². The van der Waals surface area contributed by atoms with Crippen LogP contribution in [0.3, 0.4) is 0 Å². The van der Waals surface area contributed by atoms with Crippen molar-refractivity contribution in [2.24, 2.45) is 0 Å². The minimum Gasteiger partial charge on any atom is -0.366 e. The monoisotopic (exact) mass is 460 g/mol.